The van der Waals surface area contributed by atoms with Gasteiger partial charge in [-0.05, 0) is 30.7 Å². The Morgan fingerprint density at radius 1 is 1.35 bits per heavy atom. The molecule has 0 atom stereocenters. The first-order valence-corrected chi connectivity index (χ1v) is 6.64. The highest BCUT2D eigenvalue weighted by atomic mass is 16.4. The van der Waals surface area contributed by atoms with Crippen molar-refractivity contribution in [2.45, 2.75) is 6.92 Å². The van der Waals surface area contributed by atoms with E-state index in [1.165, 1.54) is 0 Å². The monoisotopic (exact) mass is 277 g/mol. The number of benzene rings is 1. The van der Waals surface area contributed by atoms with Crippen molar-refractivity contribution < 1.29 is 14.7 Å². The number of carbonyl (C=O) groups is 2. The van der Waals surface area contributed by atoms with E-state index in [1.807, 2.05) is 4.90 Å². The molecule has 0 unspecified atom stereocenters. The Morgan fingerprint density at radius 2 is 2.05 bits per heavy atom. The number of piperazine rings is 1. The predicted molar refractivity (Wildman–Crippen MR) is 76.1 cm³/mol. The summed E-state index contributed by atoms with van der Waals surface area (Å²) in [4.78, 5) is 24.7. The van der Waals surface area contributed by atoms with Gasteiger partial charge in [-0.1, -0.05) is 0 Å². The third-order valence-electron chi connectivity index (χ3n) is 3.37. The van der Waals surface area contributed by atoms with Gasteiger partial charge in [0, 0.05) is 31.9 Å². The predicted octanol–water partition coefficient (Wildman–Crippen LogP) is 0.537. The second-order valence-electron chi connectivity index (χ2n) is 4.82. The standard InChI is InChI=1S/C14H19N3O3/c1-10-8-11(2-3-12(10)14(19)20)16-9-13(18)17-6-4-15-5-7-17/h2-3,8,15-16H,4-7,9H2,1H3,(H,19,20). The molecule has 1 aliphatic rings. The maximum absolute atomic E-state index is 12.0. The number of hydrogen-bond donors (Lipinski definition) is 3. The molecule has 1 heterocycles. The van der Waals surface area contributed by atoms with Crippen LogP contribution in [-0.2, 0) is 4.79 Å². The van der Waals surface area contributed by atoms with Gasteiger partial charge in [0.15, 0.2) is 0 Å². The van der Waals surface area contributed by atoms with Crippen LogP contribution in [0.2, 0.25) is 0 Å². The minimum Gasteiger partial charge on any atom is -0.478 e. The maximum Gasteiger partial charge on any atom is 0.335 e. The van der Waals surface area contributed by atoms with Crippen molar-refractivity contribution in [3.8, 4) is 0 Å². The van der Waals surface area contributed by atoms with Gasteiger partial charge in [0.2, 0.25) is 5.91 Å². The van der Waals surface area contributed by atoms with E-state index in [0.717, 1.165) is 31.9 Å². The number of carboxylic acids is 1. The lowest BCUT2D eigenvalue weighted by Crippen LogP contribution is -2.48. The Bertz CT molecular complexity index is 510. The molecule has 1 aromatic carbocycles. The zero-order chi connectivity index (χ0) is 14.5. The number of nitrogens with zero attached hydrogens (tertiary/aromatic N) is 1. The molecule has 0 radical (unpaired) electrons. The van der Waals surface area contributed by atoms with Crippen molar-refractivity contribution in [3.05, 3.63) is 29.3 Å². The van der Waals surface area contributed by atoms with Crippen LogP contribution in [0.5, 0.6) is 0 Å². The molecule has 1 aromatic rings. The van der Waals surface area contributed by atoms with Crippen LogP contribution in [0.1, 0.15) is 15.9 Å². The number of aromatic carboxylic acids is 1. The quantitative estimate of drug-likeness (QED) is 0.748. The minimum atomic E-state index is -0.939. The number of anilines is 1. The van der Waals surface area contributed by atoms with E-state index < -0.39 is 5.97 Å². The van der Waals surface area contributed by atoms with Crippen molar-refractivity contribution >= 4 is 17.6 Å². The summed E-state index contributed by atoms with van der Waals surface area (Å²) >= 11 is 0. The van der Waals surface area contributed by atoms with Crippen LogP contribution in [0.4, 0.5) is 5.69 Å². The average molecular weight is 277 g/mol. The molecule has 2 rings (SSSR count). The first-order chi connectivity index (χ1) is 9.58. The van der Waals surface area contributed by atoms with Crippen LogP contribution >= 0.6 is 0 Å². The number of carbonyl (C=O) groups excluding carboxylic acids is 1. The lowest BCUT2D eigenvalue weighted by Gasteiger charge is -2.27. The summed E-state index contributed by atoms with van der Waals surface area (Å²) in [5.41, 5.74) is 1.72. The highest BCUT2D eigenvalue weighted by Crippen LogP contribution is 2.15. The van der Waals surface area contributed by atoms with Crippen molar-refractivity contribution in [2.24, 2.45) is 0 Å². The molecule has 1 amide bonds. The van der Waals surface area contributed by atoms with E-state index in [2.05, 4.69) is 10.6 Å². The summed E-state index contributed by atoms with van der Waals surface area (Å²) in [6.07, 6.45) is 0. The number of rotatable bonds is 4. The third kappa shape index (κ3) is 3.48. The van der Waals surface area contributed by atoms with E-state index in [9.17, 15) is 9.59 Å². The second-order valence-corrected chi connectivity index (χ2v) is 4.82. The molecular formula is C14H19N3O3. The number of aryl methyl sites for hydroxylation is 1. The topological polar surface area (TPSA) is 81.7 Å². The summed E-state index contributed by atoms with van der Waals surface area (Å²) in [5, 5.41) is 15.2. The number of hydrogen-bond acceptors (Lipinski definition) is 4. The Kier molecular flexibility index (Phi) is 4.57. The van der Waals surface area contributed by atoms with E-state index in [0.29, 0.717) is 5.56 Å². The molecule has 1 saturated heterocycles. The van der Waals surface area contributed by atoms with Gasteiger partial charge >= 0.3 is 5.97 Å². The highest BCUT2D eigenvalue weighted by molar-refractivity contribution is 5.90. The molecule has 20 heavy (non-hydrogen) atoms. The van der Waals surface area contributed by atoms with E-state index in [4.69, 9.17) is 5.11 Å². The van der Waals surface area contributed by atoms with E-state index in [-0.39, 0.29) is 18.0 Å². The molecule has 0 spiro atoms. The number of nitrogens with one attached hydrogen (secondary N) is 2. The molecular weight excluding hydrogens is 258 g/mol. The van der Waals surface area contributed by atoms with Gasteiger partial charge in [0.1, 0.15) is 0 Å². The fourth-order valence-electron chi connectivity index (χ4n) is 2.22. The van der Waals surface area contributed by atoms with Gasteiger partial charge in [-0.2, -0.15) is 0 Å². The molecule has 6 nitrogen and oxygen atoms in total. The largest absolute Gasteiger partial charge is 0.478 e. The maximum atomic E-state index is 12.0. The smallest absolute Gasteiger partial charge is 0.335 e. The van der Waals surface area contributed by atoms with Crippen molar-refractivity contribution in [2.75, 3.05) is 38.0 Å². The summed E-state index contributed by atoms with van der Waals surface area (Å²) in [5.74, 6) is -0.877. The van der Waals surface area contributed by atoms with E-state index >= 15 is 0 Å². The third-order valence-corrected chi connectivity index (χ3v) is 3.37. The number of carboxylic acid groups (broad SMARTS) is 1. The molecule has 108 valence electrons. The Labute approximate surface area is 117 Å². The van der Waals surface area contributed by atoms with Gasteiger partial charge in [0.25, 0.3) is 0 Å². The molecule has 1 fully saturated rings. The molecule has 0 bridgehead atoms. The highest BCUT2D eigenvalue weighted by Gasteiger charge is 2.15. The van der Waals surface area contributed by atoms with Gasteiger partial charge in [-0.25, -0.2) is 4.79 Å². The first kappa shape index (κ1) is 14.3. The fraction of sp³-hybridized carbons (Fsp3) is 0.429. The first-order valence-electron chi connectivity index (χ1n) is 6.64. The Morgan fingerprint density at radius 3 is 2.65 bits per heavy atom. The van der Waals surface area contributed by atoms with Crippen LogP contribution in [0, 0.1) is 6.92 Å². The lowest BCUT2D eigenvalue weighted by atomic mass is 10.1. The molecule has 0 saturated carbocycles. The molecule has 3 N–H and O–H groups in total. The SMILES string of the molecule is Cc1cc(NCC(=O)N2CCNCC2)ccc1C(=O)O. The molecule has 6 heteroatoms. The van der Waals surface area contributed by atoms with Crippen molar-refractivity contribution in [1.82, 2.24) is 10.2 Å². The average Bonchev–Trinajstić information content (AvgIpc) is 2.45. The van der Waals surface area contributed by atoms with Gasteiger partial charge in [0.05, 0.1) is 12.1 Å². The summed E-state index contributed by atoms with van der Waals surface area (Å²) < 4.78 is 0. The van der Waals surface area contributed by atoms with Gasteiger partial charge in [-0.3, -0.25) is 4.79 Å². The number of amides is 1. The lowest BCUT2D eigenvalue weighted by molar-refractivity contribution is -0.129. The fourth-order valence-corrected chi connectivity index (χ4v) is 2.22. The Balaban J connectivity index is 1.92. The molecule has 0 aliphatic carbocycles. The van der Waals surface area contributed by atoms with Crippen LogP contribution in [-0.4, -0.2) is 54.6 Å². The summed E-state index contributed by atoms with van der Waals surface area (Å²) in [7, 11) is 0. The second kappa shape index (κ2) is 6.38. The van der Waals surface area contributed by atoms with Crippen LogP contribution < -0.4 is 10.6 Å². The summed E-state index contributed by atoms with van der Waals surface area (Å²) in [6.45, 7) is 5.10. The Hall–Kier alpha value is -2.08. The van der Waals surface area contributed by atoms with Gasteiger partial charge < -0.3 is 20.6 Å². The van der Waals surface area contributed by atoms with Crippen LogP contribution in [0.3, 0.4) is 0 Å². The van der Waals surface area contributed by atoms with Crippen LogP contribution in [0.15, 0.2) is 18.2 Å². The minimum absolute atomic E-state index is 0.0615. The van der Waals surface area contributed by atoms with Crippen molar-refractivity contribution in [1.29, 1.82) is 0 Å². The van der Waals surface area contributed by atoms with Crippen LogP contribution in [0.25, 0.3) is 0 Å². The summed E-state index contributed by atoms with van der Waals surface area (Å²) in [6, 6.07) is 4.98. The molecule has 1 aliphatic heterocycles. The zero-order valence-electron chi connectivity index (χ0n) is 11.5. The normalized spacial score (nSPS) is 14.9. The molecule has 0 aromatic heterocycles. The zero-order valence-corrected chi connectivity index (χ0v) is 11.5. The van der Waals surface area contributed by atoms with Gasteiger partial charge in [-0.15, -0.1) is 0 Å². The van der Waals surface area contributed by atoms with E-state index in [1.54, 1.807) is 25.1 Å². The van der Waals surface area contributed by atoms with Crippen molar-refractivity contribution in [3.63, 3.8) is 0 Å².